The Morgan fingerprint density at radius 1 is 1.50 bits per heavy atom. The fraction of sp³-hybridized carbons (Fsp3) is 0.500. The lowest BCUT2D eigenvalue weighted by molar-refractivity contribution is 0.470. The standard InChI is InChI=1S/C14H22N2/c1-4-6-7-14(5-2)16-11-13-9-8-12(3)15-10-13/h4,8-10,14,16H,1,5-7,11H2,2-3H3. The summed E-state index contributed by atoms with van der Waals surface area (Å²) in [5, 5.41) is 3.55. The molecule has 0 saturated carbocycles. The lowest BCUT2D eigenvalue weighted by Crippen LogP contribution is -2.27. The molecule has 2 nitrogen and oxygen atoms in total. The highest BCUT2D eigenvalue weighted by atomic mass is 14.9. The van der Waals surface area contributed by atoms with Gasteiger partial charge in [-0.2, -0.15) is 0 Å². The maximum Gasteiger partial charge on any atom is 0.0372 e. The fourth-order valence-corrected chi connectivity index (χ4v) is 1.63. The number of nitrogens with one attached hydrogen (secondary N) is 1. The zero-order valence-corrected chi connectivity index (χ0v) is 10.4. The van der Waals surface area contributed by atoms with Crippen LogP contribution in [0.1, 0.15) is 37.4 Å². The van der Waals surface area contributed by atoms with Gasteiger partial charge in [0.05, 0.1) is 0 Å². The Bertz CT molecular complexity index is 303. The molecule has 0 aliphatic heterocycles. The van der Waals surface area contributed by atoms with Crippen molar-refractivity contribution in [3.8, 4) is 0 Å². The van der Waals surface area contributed by atoms with Gasteiger partial charge in [0.15, 0.2) is 0 Å². The molecule has 2 heteroatoms. The maximum absolute atomic E-state index is 4.29. The Balaban J connectivity index is 2.36. The molecular formula is C14H22N2. The van der Waals surface area contributed by atoms with E-state index in [-0.39, 0.29) is 0 Å². The van der Waals surface area contributed by atoms with Crippen LogP contribution >= 0.6 is 0 Å². The Kier molecular flexibility index (Phi) is 5.79. The van der Waals surface area contributed by atoms with E-state index in [1.54, 1.807) is 0 Å². The van der Waals surface area contributed by atoms with E-state index in [4.69, 9.17) is 0 Å². The Morgan fingerprint density at radius 3 is 2.88 bits per heavy atom. The van der Waals surface area contributed by atoms with Gasteiger partial charge in [0.1, 0.15) is 0 Å². The number of aromatic nitrogens is 1. The first kappa shape index (κ1) is 12.9. The number of allylic oxidation sites excluding steroid dienone is 1. The molecule has 1 atom stereocenters. The highest BCUT2D eigenvalue weighted by Crippen LogP contribution is 2.05. The highest BCUT2D eigenvalue weighted by Gasteiger charge is 2.04. The van der Waals surface area contributed by atoms with Crippen LogP contribution in [0.2, 0.25) is 0 Å². The van der Waals surface area contributed by atoms with Crippen LogP contribution in [0.25, 0.3) is 0 Å². The van der Waals surface area contributed by atoms with Crippen molar-refractivity contribution < 1.29 is 0 Å². The molecule has 0 aromatic carbocycles. The van der Waals surface area contributed by atoms with Crippen molar-refractivity contribution in [3.05, 3.63) is 42.2 Å². The summed E-state index contributed by atoms with van der Waals surface area (Å²) in [5.74, 6) is 0. The summed E-state index contributed by atoms with van der Waals surface area (Å²) in [5.41, 5.74) is 2.32. The molecule has 1 rings (SSSR count). The predicted octanol–water partition coefficient (Wildman–Crippen LogP) is 3.22. The van der Waals surface area contributed by atoms with Crippen LogP contribution < -0.4 is 5.32 Å². The summed E-state index contributed by atoms with van der Waals surface area (Å²) in [6.07, 6.45) is 7.34. The van der Waals surface area contributed by atoms with E-state index in [2.05, 4.69) is 35.9 Å². The van der Waals surface area contributed by atoms with Crippen LogP contribution in [0.15, 0.2) is 31.0 Å². The lowest BCUT2D eigenvalue weighted by atomic mass is 10.1. The molecule has 0 bridgehead atoms. The topological polar surface area (TPSA) is 24.9 Å². The molecule has 0 saturated heterocycles. The maximum atomic E-state index is 4.29. The molecule has 1 N–H and O–H groups in total. The summed E-state index contributed by atoms with van der Waals surface area (Å²) in [6, 6.07) is 4.77. The van der Waals surface area contributed by atoms with Crippen LogP contribution in [0.3, 0.4) is 0 Å². The minimum Gasteiger partial charge on any atom is -0.310 e. The van der Waals surface area contributed by atoms with Gasteiger partial charge in [-0.3, -0.25) is 4.98 Å². The first-order valence-electron chi connectivity index (χ1n) is 6.02. The van der Waals surface area contributed by atoms with Crippen LogP contribution in [-0.2, 0) is 6.54 Å². The fourth-order valence-electron chi connectivity index (χ4n) is 1.63. The Labute approximate surface area is 98.8 Å². The van der Waals surface area contributed by atoms with Gasteiger partial charge in [-0.15, -0.1) is 6.58 Å². The molecule has 0 fully saturated rings. The SMILES string of the molecule is C=CCCC(CC)NCc1ccc(C)nc1. The Morgan fingerprint density at radius 2 is 2.31 bits per heavy atom. The number of nitrogens with zero attached hydrogens (tertiary/aromatic N) is 1. The van der Waals surface area contributed by atoms with Crippen molar-refractivity contribution in [3.63, 3.8) is 0 Å². The van der Waals surface area contributed by atoms with Crippen molar-refractivity contribution in [1.29, 1.82) is 0 Å². The van der Waals surface area contributed by atoms with Crippen LogP contribution in [0, 0.1) is 6.92 Å². The van der Waals surface area contributed by atoms with E-state index in [0.717, 1.165) is 25.1 Å². The summed E-state index contributed by atoms with van der Waals surface area (Å²) in [4.78, 5) is 4.29. The van der Waals surface area contributed by atoms with Crippen molar-refractivity contribution in [1.82, 2.24) is 10.3 Å². The van der Waals surface area contributed by atoms with Gasteiger partial charge in [-0.05, 0) is 37.8 Å². The average molecular weight is 218 g/mol. The first-order valence-corrected chi connectivity index (χ1v) is 6.02. The number of rotatable bonds is 7. The first-order chi connectivity index (χ1) is 7.76. The third kappa shape index (κ3) is 4.58. The van der Waals surface area contributed by atoms with Crippen LogP contribution in [0.4, 0.5) is 0 Å². The monoisotopic (exact) mass is 218 g/mol. The summed E-state index contributed by atoms with van der Waals surface area (Å²) >= 11 is 0. The number of hydrogen-bond donors (Lipinski definition) is 1. The second kappa shape index (κ2) is 7.18. The molecular weight excluding hydrogens is 196 g/mol. The minimum atomic E-state index is 0.583. The summed E-state index contributed by atoms with van der Waals surface area (Å²) < 4.78 is 0. The van der Waals surface area contributed by atoms with Crippen molar-refractivity contribution in [2.75, 3.05) is 0 Å². The summed E-state index contributed by atoms with van der Waals surface area (Å²) in [7, 11) is 0. The second-order valence-electron chi connectivity index (χ2n) is 4.16. The zero-order valence-electron chi connectivity index (χ0n) is 10.4. The number of hydrogen-bond acceptors (Lipinski definition) is 2. The summed E-state index contributed by atoms with van der Waals surface area (Å²) in [6.45, 7) is 8.89. The zero-order chi connectivity index (χ0) is 11.8. The van der Waals surface area contributed by atoms with Crippen molar-refractivity contribution in [2.45, 2.75) is 45.7 Å². The third-order valence-corrected chi connectivity index (χ3v) is 2.78. The quantitative estimate of drug-likeness (QED) is 0.711. The van der Waals surface area contributed by atoms with Gasteiger partial charge < -0.3 is 5.32 Å². The largest absolute Gasteiger partial charge is 0.310 e. The van der Waals surface area contributed by atoms with E-state index in [0.29, 0.717) is 6.04 Å². The molecule has 0 aliphatic carbocycles. The Hall–Kier alpha value is -1.15. The molecule has 88 valence electrons. The van der Waals surface area contributed by atoms with Crippen LogP contribution in [0.5, 0.6) is 0 Å². The smallest absolute Gasteiger partial charge is 0.0372 e. The molecule has 0 amide bonds. The van der Waals surface area contributed by atoms with Gasteiger partial charge in [-0.1, -0.05) is 19.1 Å². The molecule has 1 aromatic heterocycles. The minimum absolute atomic E-state index is 0.583. The van der Waals surface area contributed by atoms with Gasteiger partial charge in [-0.25, -0.2) is 0 Å². The van der Waals surface area contributed by atoms with E-state index >= 15 is 0 Å². The molecule has 1 unspecified atom stereocenters. The van der Waals surface area contributed by atoms with Crippen molar-refractivity contribution >= 4 is 0 Å². The van der Waals surface area contributed by atoms with E-state index in [1.807, 2.05) is 19.2 Å². The average Bonchev–Trinajstić information content (AvgIpc) is 2.32. The van der Waals surface area contributed by atoms with Crippen molar-refractivity contribution in [2.24, 2.45) is 0 Å². The predicted molar refractivity (Wildman–Crippen MR) is 69.3 cm³/mol. The van der Waals surface area contributed by atoms with Gasteiger partial charge in [0.2, 0.25) is 0 Å². The molecule has 16 heavy (non-hydrogen) atoms. The van der Waals surface area contributed by atoms with Crippen LogP contribution in [-0.4, -0.2) is 11.0 Å². The third-order valence-electron chi connectivity index (χ3n) is 2.78. The van der Waals surface area contributed by atoms with Gasteiger partial charge in [0.25, 0.3) is 0 Å². The van der Waals surface area contributed by atoms with E-state index in [9.17, 15) is 0 Å². The molecule has 0 radical (unpaired) electrons. The molecule has 1 heterocycles. The number of aryl methyl sites for hydroxylation is 1. The lowest BCUT2D eigenvalue weighted by Gasteiger charge is -2.15. The van der Waals surface area contributed by atoms with Gasteiger partial charge in [0, 0.05) is 24.5 Å². The van der Waals surface area contributed by atoms with Gasteiger partial charge >= 0.3 is 0 Å². The highest BCUT2D eigenvalue weighted by molar-refractivity contribution is 5.12. The molecule has 1 aromatic rings. The molecule has 0 spiro atoms. The molecule has 0 aliphatic rings. The normalized spacial score (nSPS) is 12.4. The number of pyridine rings is 1. The van der Waals surface area contributed by atoms with E-state index in [1.165, 1.54) is 12.0 Å². The second-order valence-corrected chi connectivity index (χ2v) is 4.16. The van der Waals surface area contributed by atoms with E-state index < -0.39 is 0 Å².